The van der Waals surface area contributed by atoms with Gasteiger partial charge >= 0.3 is 0 Å². The van der Waals surface area contributed by atoms with Crippen LogP contribution in [0.1, 0.15) is 50.9 Å². The van der Waals surface area contributed by atoms with Gasteiger partial charge in [-0.1, -0.05) is 6.07 Å². The number of nitrogens with zero attached hydrogens (tertiary/aromatic N) is 1. The number of hydrogen-bond acceptors (Lipinski definition) is 5. The molecule has 1 saturated carbocycles. The van der Waals surface area contributed by atoms with E-state index in [1.807, 2.05) is 25.1 Å². The fourth-order valence-electron chi connectivity index (χ4n) is 3.53. The third-order valence-electron chi connectivity index (χ3n) is 5.24. The van der Waals surface area contributed by atoms with Crippen molar-refractivity contribution >= 4 is 29.9 Å². The molecule has 1 aromatic heterocycles. The van der Waals surface area contributed by atoms with E-state index in [1.165, 1.54) is 12.8 Å². The maximum Gasteiger partial charge on any atom is 0.191 e. The largest absolute Gasteiger partial charge is 0.493 e. The second-order valence-electron chi connectivity index (χ2n) is 7.81. The molecule has 3 rings (SSSR count). The first-order valence-corrected chi connectivity index (χ1v) is 10.6. The number of halogens is 1. The van der Waals surface area contributed by atoms with Gasteiger partial charge in [0.2, 0.25) is 0 Å². The third-order valence-corrected chi connectivity index (χ3v) is 5.24. The van der Waals surface area contributed by atoms with E-state index in [0.29, 0.717) is 24.8 Å². The van der Waals surface area contributed by atoms with Crippen LogP contribution < -0.4 is 20.1 Å². The average Bonchev–Trinajstić information content (AvgIpc) is 3.45. The van der Waals surface area contributed by atoms with Crippen molar-refractivity contribution in [1.82, 2.24) is 10.6 Å². The Bertz CT molecular complexity index is 818. The fraction of sp³-hybridized carbons (Fsp3) is 0.522. The van der Waals surface area contributed by atoms with E-state index in [4.69, 9.17) is 13.9 Å². The molecule has 31 heavy (non-hydrogen) atoms. The molecule has 0 saturated heterocycles. The number of aliphatic hydroxyl groups is 1. The quantitative estimate of drug-likeness (QED) is 0.250. The molecule has 1 aliphatic carbocycles. The second-order valence-corrected chi connectivity index (χ2v) is 7.81. The lowest BCUT2D eigenvalue weighted by Gasteiger charge is -2.22. The second kappa shape index (κ2) is 12.2. The van der Waals surface area contributed by atoms with Crippen molar-refractivity contribution in [3.05, 3.63) is 47.9 Å². The molecule has 1 fully saturated rings. The Hall–Kier alpha value is -1.94. The zero-order valence-electron chi connectivity index (χ0n) is 18.5. The predicted octanol–water partition coefficient (Wildman–Crippen LogP) is 4.19. The van der Waals surface area contributed by atoms with Gasteiger partial charge in [0.05, 0.1) is 32.6 Å². The zero-order chi connectivity index (χ0) is 21.4. The van der Waals surface area contributed by atoms with E-state index in [-0.39, 0.29) is 36.6 Å². The van der Waals surface area contributed by atoms with Crippen molar-refractivity contribution in [3.63, 3.8) is 0 Å². The Morgan fingerprint density at radius 3 is 2.65 bits per heavy atom. The average molecular weight is 543 g/mol. The van der Waals surface area contributed by atoms with Crippen LogP contribution in [0.4, 0.5) is 0 Å². The van der Waals surface area contributed by atoms with Gasteiger partial charge in [-0.25, -0.2) is 4.99 Å². The van der Waals surface area contributed by atoms with Gasteiger partial charge in [-0.15, -0.1) is 24.0 Å². The first kappa shape index (κ1) is 25.3. The first-order chi connectivity index (χ1) is 14.5. The first-order valence-electron chi connectivity index (χ1n) is 10.6. The highest BCUT2D eigenvalue weighted by Gasteiger charge is 2.26. The molecule has 0 radical (unpaired) electrons. The number of methoxy groups -OCH3 is 1. The lowest BCUT2D eigenvalue weighted by Crippen LogP contribution is -2.44. The molecule has 1 aromatic carbocycles. The molecular weight excluding hydrogens is 509 g/mol. The normalized spacial score (nSPS) is 16.3. The van der Waals surface area contributed by atoms with Crippen molar-refractivity contribution in [2.24, 2.45) is 4.99 Å². The van der Waals surface area contributed by atoms with Gasteiger partial charge < -0.3 is 29.6 Å². The molecule has 1 aliphatic rings. The highest BCUT2D eigenvalue weighted by Crippen LogP contribution is 2.32. The van der Waals surface area contributed by atoms with Crippen LogP contribution in [0.2, 0.25) is 0 Å². The molecule has 0 aliphatic heterocycles. The monoisotopic (exact) mass is 543 g/mol. The van der Waals surface area contributed by atoms with E-state index in [9.17, 15) is 5.11 Å². The highest BCUT2D eigenvalue weighted by molar-refractivity contribution is 14.0. The minimum Gasteiger partial charge on any atom is -0.493 e. The maximum atomic E-state index is 10.6. The number of nitrogens with one attached hydrogen (secondary N) is 2. The van der Waals surface area contributed by atoms with E-state index in [0.717, 1.165) is 29.9 Å². The summed E-state index contributed by atoms with van der Waals surface area (Å²) < 4.78 is 17.0. The standard InChI is InChI=1S/C23H33N3O4.HI/c1-4-24-22(26-16-23(2,27)21-10-7-13-29-21)25-15-17-11-12-19(20(14-17)28-3)30-18-8-5-6-9-18;/h7,10-14,18,27H,4-6,8-9,15-16H2,1-3H3,(H2,24,25,26);1H. The third kappa shape index (κ3) is 7.31. The predicted molar refractivity (Wildman–Crippen MR) is 132 cm³/mol. The lowest BCUT2D eigenvalue weighted by molar-refractivity contribution is 0.0386. The summed E-state index contributed by atoms with van der Waals surface area (Å²) in [5.41, 5.74) is -0.122. The minimum atomic E-state index is -1.14. The summed E-state index contributed by atoms with van der Waals surface area (Å²) in [5.74, 6) is 2.65. The minimum absolute atomic E-state index is 0. The molecule has 1 unspecified atom stereocenters. The van der Waals surface area contributed by atoms with Crippen LogP contribution in [-0.2, 0) is 12.1 Å². The summed E-state index contributed by atoms with van der Waals surface area (Å²) >= 11 is 0. The van der Waals surface area contributed by atoms with Gasteiger partial charge in [0.1, 0.15) is 11.4 Å². The molecule has 2 aromatic rings. The van der Waals surface area contributed by atoms with Crippen LogP contribution in [0, 0.1) is 0 Å². The van der Waals surface area contributed by atoms with Crippen LogP contribution in [0.15, 0.2) is 46.0 Å². The molecule has 8 heteroatoms. The van der Waals surface area contributed by atoms with Crippen molar-refractivity contribution in [2.45, 2.75) is 57.8 Å². The van der Waals surface area contributed by atoms with Crippen LogP contribution >= 0.6 is 24.0 Å². The van der Waals surface area contributed by atoms with Gasteiger partial charge in [-0.3, -0.25) is 0 Å². The van der Waals surface area contributed by atoms with E-state index in [1.54, 1.807) is 32.4 Å². The van der Waals surface area contributed by atoms with Crippen molar-refractivity contribution in [2.75, 3.05) is 20.2 Å². The Balaban J connectivity index is 0.00000341. The fourth-order valence-corrected chi connectivity index (χ4v) is 3.53. The number of guanidine groups is 1. The summed E-state index contributed by atoms with van der Waals surface area (Å²) in [7, 11) is 1.66. The summed E-state index contributed by atoms with van der Waals surface area (Å²) in [6, 6.07) is 9.46. The number of hydrogen-bond donors (Lipinski definition) is 3. The van der Waals surface area contributed by atoms with Gasteiger partial charge in [-0.05, 0) is 69.4 Å². The highest BCUT2D eigenvalue weighted by atomic mass is 127. The van der Waals surface area contributed by atoms with Gasteiger partial charge in [-0.2, -0.15) is 0 Å². The van der Waals surface area contributed by atoms with Gasteiger partial charge in [0.15, 0.2) is 17.5 Å². The molecule has 7 nitrogen and oxygen atoms in total. The Morgan fingerprint density at radius 2 is 2.00 bits per heavy atom. The number of benzene rings is 1. The molecule has 1 heterocycles. The van der Waals surface area contributed by atoms with Gasteiger partial charge in [0.25, 0.3) is 0 Å². The van der Waals surface area contributed by atoms with Crippen molar-refractivity contribution in [1.29, 1.82) is 0 Å². The van der Waals surface area contributed by atoms with E-state index >= 15 is 0 Å². The summed E-state index contributed by atoms with van der Waals surface area (Å²) in [5, 5.41) is 17.0. The Morgan fingerprint density at radius 1 is 1.23 bits per heavy atom. The molecule has 172 valence electrons. The van der Waals surface area contributed by atoms with Gasteiger partial charge in [0, 0.05) is 6.54 Å². The smallest absolute Gasteiger partial charge is 0.191 e. The molecule has 0 amide bonds. The van der Waals surface area contributed by atoms with Crippen LogP contribution in [0.25, 0.3) is 0 Å². The lowest BCUT2D eigenvalue weighted by atomic mass is 10.0. The van der Waals surface area contributed by atoms with Crippen LogP contribution in [-0.4, -0.2) is 37.4 Å². The summed E-state index contributed by atoms with van der Waals surface area (Å²) in [6.45, 7) is 5.16. The number of ether oxygens (including phenoxy) is 2. The Kier molecular flexibility index (Phi) is 9.95. The van der Waals surface area contributed by atoms with Crippen LogP contribution in [0.5, 0.6) is 11.5 Å². The summed E-state index contributed by atoms with van der Waals surface area (Å²) in [6.07, 6.45) is 6.51. The topological polar surface area (TPSA) is 88.3 Å². The summed E-state index contributed by atoms with van der Waals surface area (Å²) in [4.78, 5) is 4.63. The Labute approximate surface area is 201 Å². The van der Waals surface area contributed by atoms with E-state index < -0.39 is 5.60 Å². The molecular formula is C23H34IN3O4. The molecule has 1 atom stereocenters. The molecule has 0 spiro atoms. The zero-order valence-corrected chi connectivity index (χ0v) is 20.8. The molecule has 0 bridgehead atoms. The number of rotatable bonds is 9. The molecule has 3 N–H and O–H groups in total. The van der Waals surface area contributed by atoms with E-state index in [2.05, 4.69) is 15.6 Å². The van der Waals surface area contributed by atoms with Crippen LogP contribution in [0.3, 0.4) is 0 Å². The number of aliphatic imine (C=N–C) groups is 1. The SMILES string of the molecule is CCNC(=NCc1ccc(OC2CCCC2)c(OC)c1)NCC(C)(O)c1ccco1.I. The van der Waals surface area contributed by atoms with Crippen molar-refractivity contribution < 1.29 is 19.0 Å². The maximum absolute atomic E-state index is 10.6. The van der Waals surface area contributed by atoms with Crippen molar-refractivity contribution in [3.8, 4) is 11.5 Å². The number of furan rings is 1.